The summed E-state index contributed by atoms with van der Waals surface area (Å²) in [7, 11) is -4.05. The number of halogens is 2. The Morgan fingerprint density at radius 1 is 1.38 bits per heavy atom. The number of hydrogen-bond acceptors (Lipinski definition) is 3. The zero-order valence-electron chi connectivity index (χ0n) is 6.29. The molecule has 0 amide bonds. The van der Waals surface area contributed by atoms with Crippen molar-refractivity contribution in [2.75, 3.05) is 5.73 Å². The molecule has 0 atom stereocenters. The first-order valence-corrected chi connectivity index (χ1v) is 5.43. The van der Waals surface area contributed by atoms with Crippen molar-refractivity contribution in [1.82, 2.24) is 0 Å². The van der Waals surface area contributed by atoms with Crippen LogP contribution in [0.2, 0.25) is 0 Å². The summed E-state index contributed by atoms with van der Waals surface area (Å²) in [4.78, 5) is -0.604. The number of anilines is 1. The quantitative estimate of drug-likeness (QED) is 0.740. The number of nitrogens with two attached hydrogens (primary N) is 2. The van der Waals surface area contributed by atoms with Gasteiger partial charge in [0.25, 0.3) is 0 Å². The standard InChI is InChI=1S/C6H6BrFN2O2S/c7-3-1-4(8)6(2-5(3)9)13(10,11)12/h1-2H,9H2,(H2,10,11,12). The molecule has 0 aromatic heterocycles. The lowest BCUT2D eigenvalue weighted by Gasteiger charge is -2.03. The number of nitrogen functional groups attached to an aromatic ring is 1. The van der Waals surface area contributed by atoms with Crippen molar-refractivity contribution in [2.45, 2.75) is 4.90 Å². The average Bonchev–Trinajstić information content (AvgIpc) is 1.94. The fourth-order valence-corrected chi connectivity index (χ4v) is 1.70. The number of primary sulfonamides is 1. The van der Waals surface area contributed by atoms with Gasteiger partial charge < -0.3 is 5.73 Å². The Labute approximate surface area is 82.9 Å². The largest absolute Gasteiger partial charge is 0.398 e. The van der Waals surface area contributed by atoms with Crippen LogP contribution < -0.4 is 10.9 Å². The van der Waals surface area contributed by atoms with E-state index in [2.05, 4.69) is 15.9 Å². The third kappa shape index (κ3) is 2.17. The van der Waals surface area contributed by atoms with Crippen LogP contribution in [0.5, 0.6) is 0 Å². The Hall–Kier alpha value is -0.660. The monoisotopic (exact) mass is 268 g/mol. The fraction of sp³-hybridized carbons (Fsp3) is 0. The van der Waals surface area contributed by atoms with Crippen molar-refractivity contribution in [3.63, 3.8) is 0 Å². The topological polar surface area (TPSA) is 86.2 Å². The van der Waals surface area contributed by atoms with Gasteiger partial charge in [-0.2, -0.15) is 0 Å². The van der Waals surface area contributed by atoms with Crippen molar-refractivity contribution in [3.8, 4) is 0 Å². The first kappa shape index (κ1) is 10.4. The molecule has 0 spiro atoms. The van der Waals surface area contributed by atoms with Crippen molar-refractivity contribution in [3.05, 3.63) is 22.4 Å². The van der Waals surface area contributed by atoms with Gasteiger partial charge in [-0.25, -0.2) is 17.9 Å². The Morgan fingerprint density at radius 2 is 1.92 bits per heavy atom. The SMILES string of the molecule is Nc1cc(S(N)(=O)=O)c(F)cc1Br. The van der Waals surface area contributed by atoms with Crippen LogP contribution in [0.4, 0.5) is 10.1 Å². The molecule has 0 unspecified atom stereocenters. The minimum Gasteiger partial charge on any atom is -0.398 e. The highest BCUT2D eigenvalue weighted by atomic mass is 79.9. The van der Waals surface area contributed by atoms with Crippen molar-refractivity contribution < 1.29 is 12.8 Å². The Balaban J connectivity index is 3.50. The molecule has 0 saturated heterocycles. The molecule has 1 aromatic rings. The summed E-state index contributed by atoms with van der Waals surface area (Å²) < 4.78 is 34.8. The Kier molecular flexibility index (Phi) is 2.60. The lowest BCUT2D eigenvalue weighted by Crippen LogP contribution is -2.14. The zero-order valence-corrected chi connectivity index (χ0v) is 8.69. The molecule has 1 rings (SSSR count). The van der Waals surface area contributed by atoms with E-state index in [-0.39, 0.29) is 10.2 Å². The third-order valence-electron chi connectivity index (χ3n) is 1.36. The Morgan fingerprint density at radius 3 is 2.38 bits per heavy atom. The second kappa shape index (κ2) is 3.24. The molecular weight excluding hydrogens is 263 g/mol. The smallest absolute Gasteiger partial charge is 0.241 e. The number of sulfonamides is 1. The van der Waals surface area contributed by atoms with Gasteiger partial charge in [0.1, 0.15) is 10.7 Å². The van der Waals surface area contributed by atoms with Crippen LogP contribution in [0.15, 0.2) is 21.5 Å². The normalized spacial score (nSPS) is 11.6. The van der Waals surface area contributed by atoms with Crippen LogP contribution in [-0.2, 0) is 10.0 Å². The predicted molar refractivity (Wildman–Crippen MR) is 49.9 cm³/mol. The van der Waals surface area contributed by atoms with Gasteiger partial charge in [0.05, 0.1) is 0 Å². The lowest BCUT2D eigenvalue weighted by molar-refractivity contribution is 0.568. The van der Waals surface area contributed by atoms with Gasteiger partial charge in [0.2, 0.25) is 10.0 Å². The highest BCUT2D eigenvalue weighted by Gasteiger charge is 2.15. The summed E-state index contributed by atoms with van der Waals surface area (Å²) in [5.41, 5.74) is 5.47. The minimum atomic E-state index is -4.05. The van der Waals surface area contributed by atoms with Crippen LogP contribution >= 0.6 is 15.9 Å². The maximum atomic E-state index is 13.0. The third-order valence-corrected chi connectivity index (χ3v) is 2.97. The van der Waals surface area contributed by atoms with Crippen LogP contribution in [0.3, 0.4) is 0 Å². The fourth-order valence-electron chi connectivity index (χ4n) is 0.763. The van der Waals surface area contributed by atoms with E-state index in [1.807, 2.05) is 0 Å². The van der Waals surface area contributed by atoms with Gasteiger partial charge in [0.15, 0.2) is 0 Å². The second-order valence-corrected chi connectivity index (χ2v) is 4.73. The van der Waals surface area contributed by atoms with E-state index >= 15 is 0 Å². The molecule has 0 saturated carbocycles. The number of benzene rings is 1. The van der Waals surface area contributed by atoms with Crippen LogP contribution in [-0.4, -0.2) is 8.42 Å². The van der Waals surface area contributed by atoms with E-state index in [1.54, 1.807) is 0 Å². The molecule has 7 heteroatoms. The summed E-state index contributed by atoms with van der Waals surface area (Å²) in [6.45, 7) is 0. The molecule has 72 valence electrons. The first-order valence-electron chi connectivity index (χ1n) is 3.09. The molecule has 0 heterocycles. The number of hydrogen-bond donors (Lipinski definition) is 2. The molecule has 4 nitrogen and oxygen atoms in total. The molecular formula is C6H6BrFN2O2S. The Bertz CT molecular complexity index is 446. The number of rotatable bonds is 1. The van der Waals surface area contributed by atoms with Crippen LogP contribution in [0.25, 0.3) is 0 Å². The molecule has 13 heavy (non-hydrogen) atoms. The van der Waals surface area contributed by atoms with Gasteiger partial charge in [-0.05, 0) is 28.1 Å². The summed E-state index contributed by atoms with van der Waals surface area (Å²) >= 11 is 2.95. The maximum absolute atomic E-state index is 13.0. The van der Waals surface area contributed by atoms with E-state index in [4.69, 9.17) is 10.9 Å². The highest BCUT2D eigenvalue weighted by molar-refractivity contribution is 9.10. The molecule has 0 aliphatic rings. The first-order chi connectivity index (χ1) is 5.82. The van der Waals surface area contributed by atoms with E-state index in [1.165, 1.54) is 0 Å². The van der Waals surface area contributed by atoms with Crippen LogP contribution in [0.1, 0.15) is 0 Å². The zero-order chi connectivity index (χ0) is 10.2. The van der Waals surface area contributed by atoms with E-state index in [9.17, 15) is 12.8 Å². The average molecular weight is 269 g/mol. The van der Waals surface area contributed by atoms with Crippen molar-refractivity contribution in [1.29, 1.82) is 0 Å². The molecule has 1 aromatic carbocycles. The van der Waals surface area contributed by atoms with Crippen LogP contribution in [0, 0.1) is 5.82 Å². The molecule has 4 N–H and O–H groups in total. The minimum absolute atomic E-state index is 0.116. The predicted octanol–water partition coefficient (Wildman–Crippen LogP) is 0.818. The van der Waals surface area contributed by atoms with Gasteiger partial charge in [-0.1, -0.05) is 0 Å². The maximum Gasteiger partial charge on any atom is 0.241 e. The van der Waals surface area contributed by atoms with Gasteiger partial charge in [-0.15, -0.1) is 0 Å². The molecule has 0 bridgehead atoms. The van der Waals surface area contributed by atoms with E-state index < -0.39 is 20.7 Å². The molecule has 0 aliphatic carbocycles. The molecule has 0 fully saturated rings. The van der Waals surface area contributed by atoms with E-state index in [0.29, 0.717) is 0 Å². The van der Waals surface area contributed by atoms with Gasteiger partial charge in [-0.3, -0.25) is 0 Å². The van der Waals surface area contributed by atoms with Gasteiger partial charge >= 0.3 is 0 Å². The second-order valence-electron chi connectivity index (χ2n) is 2.35. The van der Waals surface area contributed by atoms with Gasteiger partial charge in [0, 0.05) is 10.2 Å². The summed E-state index contributed by atoms with van der Waals surface area (Å²) in [5.74, 6) is -0.927. The molecule has 0 radical (unpaired) electrons. The van der Waals surface area contributed by atoms with Crippen molar-refractivity contribution in [2.24, 2.45) is 5.14 Å². The summed E-state index contributed by atoms with van der Waals surface area (Å²) in [6.07, 6.45) is 0. The van der Waals surface area contributed by atoms with Crippen molar-refractivity contribution >= 4 is 31.6 Å². The molecule has 0 aliphatic heterocycles. The van der Waals surface area contributed by atoms with E-state index in [0.717, 1.165) is 12.1 Å². The lowest BCUT2D eigenvalue weighted by atomic mass is 10.3. The highest BCUT2D eigenvalue weighted by Crippen LogP contribution is 2.25. The summed E-state index contributed by atoms with van der Waals surface area (Å²) in [5, 5.41) is 4.74. The summed E-state index contributed by atoms with van der Waals surface area (Å²) in [6, 6.07) is 1.92.